The Bertz CT molecular complexity index is 877. The number of allylic oxidation sites excluding steroid dienone is 1. The molecule has 1 atom stereocenters. The summed E-state index contributed by atoms with van der Waals surface area (Å²) in [6.45, 7) is 1.83. The summed E-state index contributed by atoms with van der Waals surface area (Å²) in [5.41, 5.74) is 2.85. The topological polar surface area (TPSA) is 50.7 Å². The number of benzene rings is 2. The Hall–Kier alpha value is -2.01. The fourth-order valence-electron chi connectivity index (χ4n) is 2.72. The Morgan fingerprint density at radius 1 is 1.12 bits per heavy atom. The zero-order valence-corrected chi connectivity index (χ0v) is 16.5. The van der Waals surface area contributed by atoms with Gasteiger partial charge in [0.2, 0.25) is 0 Å². The number of hydrogen-bond donors (Lipinski definition) is 1. The summed E-state index contributed by atoms with van der Waals surface area (Å²) in [6.07, 6.45) is 0. The number of rotatable bonds is 3. The Labute approximate surface area is 168 Å². The van der Waals surface area contributed by atoms with Crippen LogP contribution in [0.4, 0.5) is 0 Å². The fourth-order valence-corrected chi connectivity index (χ4v) is 3.05. The molecule has 0 fully saturated rings. The normalized spacial score (nSPS) is 16.3. The highest BCUT2D eigenvalue weighted by molar-refractivity contribution is 6.31. The van der Waals surface area contributed by atoms with Crippen molar-refractivity contribution in [3.8, 4) is 0 Å². The lowest BCUT2D eigenvalue weighted by molar-refractivity contribution is -0.136. The van der Waals surface area contributed by atoms with Crippen LogP contribution in [0.1, 0.15) is 24.1 Å². The number of carbonyl (C=O) groups is 1. The van der Waals surface area contributed by atoms with E-state index in [-0.39, 0.29) is 12.4 Å². The smallest absolute Gasteiger partial charge is 0.338 e. The van der Waals surface area contributed by atoms with Crippen molar-refractivity contribution in [3.63, 3.8) is 0 Å². The zero-order chi connectivity index (χ0) is 18.0. The highest BCUT2D eigenvalue weighted by Crippen LogP contribution is 2.33. The van der Waals surface area contributed by atoms with E-state index in [1.807, 2.05) is 31.2 Å². The first kappa shape index (κ1) is 20.3. The van der Waals surface area contributed by atoms with Crippen molar-refractivity contribution >= 4 is 47.4 Å². The lowest BCUT2D eigenvalue weighted by Crippen LogP contribution is -2.32. The van der Waals surface area contributed by atoms with Gasteiger partial charge in [-0.25, -0.2) is 4.79 Å². The molecule has 0 spiro atoms. The average molecular weight is 412 g/mol. The van der Waals surface area contributed by atoms with Crippen LogP contribution in [0, 0.1) is 0 Å². The van der Waals surface area contributed by atoms with Gasteiger partial charge in [0, 0.05) is 21.3 Å². The first-order valence-electron chi connectivity index (χ1n) is 7.65. The van der Waals surface area contributed by atoms with E-state index < -0.39 is 12.0 Å². The summed E-state index contributed by atoms with van der Waals surface area (Å²) >= 11 is 12.1. The molecular formula is C19H17Cl3N2O2. The van der Waals surface area contributed by atoms with Crippen LogP contribution in [0.15, 0.2) is 64.8 Å². The number of carbonyl (C=O) groups excluding carboxylic acids is 1. The SMILES string of the molecule is COC(=O)C1=C(C)NC(c2ccc(Cl)cc2)=NC1c1cccc(Cl)c1.Cl. The van der Waals surface area contributed by atoms with E-state index in [0.29, 0.717) is 27.2 Å². The third-order valence-corrected chi connectivity index (χ3v) is 4.42. The molecule has 26 heavy (non-hydrogen) atoms. The summed E-state index contributed by atoms with van der Waals surface area (Å²) in [6, 6.07) is 14.1. The number of ether oxygens (including phenoxy) is 1. The molecule has 1 unspecified atom stereocenters. The number of halogens is 3. The Morgan fingerprint density at radius 3 is 2.42 bits per heavy atom. The van der Waals surface area contributed by atoms with Gasteiger partial charge in [0.25, 0.3) is 0 Å². The molecule has 7 heteroatoms. The summed E-state index contributed by atoms with van der Waals surface area (Å²) in [7, 11) is 1.36. The van der Waals surface area contributed by atoms with E-state index >= 15 is 0 Å². The third kappa shape index (κ3) is 4.21. The predicted molar refractivity (Wildman–Crippen MR) is 107 cm³/mol. The van der Waals surface area contributed by atoms with Gasteiger partial charge in [-0.1, -0.05) is 35.3 Å². The Balaban J connectivity index is 0.00000243. The number of methoxy groups -OCH3 is 1. The van der Waals surface area contributed by atoms with E-state index in [4.69, 9.17) is 32.9 Å². The zero-order valence-electron chi connectivity index (χ0n) is 14.1. The van der Waals surface area contributed by atoms with Crippen molar-refractivity contribution in [2.24, 2.45) is 4.99 Å². The van der Waals surface area contributed by atoms with E-state index in [0.717, 1.165) is 11.1 Å². The van der Waals surface area contributed by atoms with E-state index in [9.17, 15) is 4.79 Å². The summed E-state index contributed by atoms with van der Waals surface area (Å²) in [5, 5.41) is 4.42. The minimum absolute atomic E-state index is 0. The second kappa shape index (κ2) is 8.58. The molecule has 1 aliphatic heterocycles. The summed E-state index contributed by atoms with van der Waals surface area (Å²) < 4.78 is 4.94. The Morgan fingerprint density at radius 2 is 1.81 bits per heavy atom. The molecule has 0 aliphatic carbocycles. The van der Waals surface area contributed by atoms with E-state index in [2.05, 4.69) is 5.32 Å². The molecule has 4 nitrogen and oxygen atoms in total. The lowest BCUT2D eigenvalue weighted by atomic mass is 9.95. The van der Waals surface area contributed by atoms with Gasteiger partial charge >= 0.3 is 5.97 Å². The van der Waals surface area contributed by atoms with Crippen LogP contribution >= 0.6 is 35.6 Å². The van der Waals surface area contributed by atoms with Gasteiger partial charge in [-0.3, -0.25) is 4.99 Å². The van der Waals surface area contributed by atoms with Crippen LogP contribution in [-0.4, -0.2) is 18.9 Å². The molecule has 1 aliphatic rings. The minimum Gasteiger partial charge on any atom is -0.466 e. The van der Waals surface area contributed by atoms with Crippen LogP contribution < -0.4 is 5.32 Å². The molecule has 1 heterocycles. The van der Waals surface area contributed by atoms with E-state index in [1.165, 1.54) is 7.11 Å². The van der Waals surface area contributed by atoms with Gasteiger partial charge in [-0.05, 0) is 48.9 Å². The minimum atomic E-state index is -0.502. The van der Waals surface area contributed by atoms with Crippen LogP contribution in [0.5, 0.6) is 0 Å². The van der Waals surface area contributed by atoms with Crippen LogP contribution in [0.25, 0.3) is 0 Å². The lowest BCUT2D eigenvalue weighted by Gasteiger charge is -2.26. The Kier molecular flexibility index (Phi) is 6.70. The van der Waals surface area contributed by atoms with Crippen molar-refractivity contribution in [3.05, 3.63) is 81.0 Å². The van der Waals surface area contributed by atoms with E-state index in [1.54, 1.807) is 24.3 Å². The molecule has 136 valence electrons. The van der Waals surface area contributed by atoms with Crippen molar-refractivity contribution in [2.45, 2.75) is 13.0 Å². The molecule has 0 saturated carbocycles. The largest absolute Gasteiger partial charge is 0.466 e. The molecule has 0 saturated heterocycles. The van der Waals surface area contributed by atoms with Gasteiger partial charge in [-0.15, -0.1) is 12.4 Å². The molecule has 1 N–H and O–H groups in total. The molecule has 2 aromatic rings. The summed E-state index contributed by atoms with van der Waals surface area (Å²) in [5.74, 6) is 0.237. The molecule has 0 radical (unpaired) electrons. The van der Waals surface area contributed by atoms with Crippen molar-refractivity contribution < 1.29 is 9.53 Å². The van der Waals surface area contributed by atoms with Crippen molar-refractivity contribution in [1.29, 1.82) is 0 Å². The predicted octanol–water partition coefficient (Wildman–Crippen LogP) is 4.95. The molecule has 3 rings (SSSR count). The maximum Gasteiger partial charge on any atom is 0.338 e. The number of hydrogen-bond acceptors (Lipinski definition) is 4. The number of nitrogens with one attached hydrogen (secondary N) is 1. The van der Waals surface area contributed by atoms with Crippen LogP contribution in [0.3, 0.4) is 0 Å². The first-order chi connectivity index (χ1) is 12.0. The van der Waals surface area contributed by atoms with Gasteiger partial charge in [0.1, 0.15) is 11.9 Å². The maximum atomic E-state index is 12.3. The van der Waals surface area contributed by atoms with Crippen molar-refractivity contribution in [1.82, 2.24) is 5.32 Å². The maximum absolute atomic E-state index is 12.3. The number of amidine groups is 1. The molecule has 2 aromatic carbocycles. The molecule has 0 amide bonds. The number of aliphatic imine (C=N–C) groups is 1. The van der Waals surface area contributed by atoms with Gasteiger partial charge in [0.15, 0.2) is 0 Å². The first-order valence-corrected chi connectivity index (χ1v) is 8.40. The van der Waals surface area contributed by atoms with Gasteiger partial charge < -0.3 is 10.1 Å². The van der Waals surface area contributed by atoms with Gasteiger partial charge in [0.05, 0.1) is 12.7 Å². The van der Waals surface area contributed by atoms with Crippen molar-refractivity contribution in [2.75, 3.05) is 7.11 Å². The monoisotopic (exact) mass is 410 g/mol. The third-order valence-electron chi connectivity index (χ3n) is 3.93. The molecule has 0 aromatic heterocycles. The fraction of sp³-hybridized carbons (Fsp3) is 0.158. The average Bonchev–Trinajstić information content (AvgIpc) is 2.61. The molecule has 0 bridgehead atoms. The van der Waals surface area contributed by atoms with Crippen LogP contribution in [0.2, 0.25) is 10.0 Å². The quantitative estimate of drug-likeness (QED) is 0.727. The highest BCUT2D eigenvalue weighted by Gasteiger charge is 2.30. The summed E-state index contributed by atoms with van der Waals surface area (Å²) in [4.78, 5) is 17.0. The second-order valence-corrected chi connectivity index (χ2v) is 6.47. The van der Waals surface area contributed by atoms with Gasteiger partial charge in [-0.2, -0.15) is 0 Å². The standard InChI is InChI=1S/C19H16Cl2N2O2.ClH/c1-11-16(19(24)25-2)17(13-4-3-5-15(21)10-13)23-18(22-11)12-6-8-14(20)9-7-12;/h3-10,17H,1-2H3,(H,22,23);1H. The number of esters is 1. The number of nitrogens with zero attached hydrogens (tertiary/aromatic N) is 1. The highest BCUT2D eigenvalue weighted by atomic mass is 35.5. The van der Waals surface area contributed by atoms with Crippen LogP contribution in [-0.2, 0) is 9.53 Å². The second-order valence-electron chi connectivity index (χ2n) is 5.60. The molecular weight excluding hydrogens is 395 g/mol.